The molecule has 1 amide bonds. The standard InChI is InChI=1S/C9H11ClN4O/c1-14-4-7(5-14)13-8(15)6-2-11-9(10)12-3-6/h2-3,7H,4-5H2,1H3,(H,13,15). The minimum absolute atomic E-state index is 0.148. The van der Waals surface area contributed by atoms with E-state index in [1.807, 2.05) is 7.05 Å². The lowest BCUT2D eigenvalue weighted by Gasteiger charge is -2.36. The molecule has 2 rings (SSSR count). The molecular weight excluding hydrogens is 216 g/mol. The van der Waals surface area contributed by atoms with Gasteiger partial charge in [-0.3, -0.25) is 4.79 Å². The van der Waals surface area contributed by atoms with Gasteiger partial charge in [-0.2, -0.15) is 0 Å². The molecule has 1 aromatic heterocycles. The van der Waals surface area contributed by atoms with Crippen molar-refractivity contribution in [3.8, 4) is 0 Å². The zero-order valence-electron chi connectivity index (χ0n) is 8.27. The van der Waals surface area contributed by atoms with Crippen LogP contribution >= 0.6 is 11.6 Å². The van der Waals surface area contributed by atoms with Crippen molar-refractivity contribution in [1.29, 1.82) is 0 Å². The van der Waals surface area contributed by atoms with Gasteiger partial charge in [-0.1, -0.05) is 0 Å². The van der Waals surface area contributed by atoms with Gasteiger partial charge in [-0.15, -0.1) is 0 Å². The first kappa shape index (κ1) is 10.3. The molecule has 80 valence electrons. The average Bonchev–Trinajstić information content (AvgIpc) is 2.16. The summed E-state index contributed by atoms with van der Waals surface area (Å²) >= 11 is 5.52. The van der Waals surface area contributed by atoms with Crippen LogP contribution in [0.5, 0.6) is 0 Å². The van der Waals surface area contributed by atoms with Crippen LogP contribution in [-0.4, -0.2) is 47.0 Å². The summed E-state index contributed by atoms with van der Waals surface area (Å²) in [5.74, 6) is -0.148. The topological polar surface area (TPSA) is 58.1 Å². The maximum atomic E-state index is 11.6. The number of rotatable bonds is 2. The summed E-state index contributed by atoms with van der Waals surface area (Å²) < 4.78 is 0. The summed E-state index contributed by atoms with van der Waals surface area (Å²) in [4.78, 5) is 21.2. The zero-order valence-corrected chi connectivity index (χ0v) is 9.03. The lowest BCUT2D eigenvalue weighted by atomic mass is 10.1. The molecule has 1 aliphatic rings. The number of likely N-dealkylation sites (N-methyl/N-ethyl adjacent to an activating group) is 1. The Kier molecular flexibility index (Phi) is 2.83. The number of hydrogen-bond acceptors (Lipinski definition) is 4. The molecule has 0 spiro atoms. The molecule has 0 saturated carbocycles. The van der Waals surface area contributed by atoms with E-state index in [1.165, 1.54) is 12.4 Å². The number of likely N-dealkylation sites (tertiary alicyclic amines) is 1. The Balaban J connectivity index is 1.93. The fraction of sp³-hybridized carbons (Fsp3) is 0.444. The maximum absolute atomic E-state index is 11.6. The normalized spacial score (nSPS) is 17.2. The molecule has 0 aromatic carbocycles. The van der Waals surface area contributed by atoms with E-state index < -0.39 is 0 Å². The summed E-state index contributed by atoms with van der Waals surface area (Å²) in [7, 11) is 2.01. The van der Waals surface area contributed by atoms with E-state index in [9.17, 15) is 4.79 Å². The van der Waals surface area contributed by atoms with Gasteiger partial charge >= 0.3 is 0 Å². The minimum atomic E-state index is -0.148. The van der Waals surface area contributed by atoms with Crippen LogP contribution in [0.25, 0.3) is 0 Å². The van der Waals surface area contributed by atoms with Gasteiger partial charge in [-0.05, 0) is 18.6 Å². The quantitative estimate of drug-likeness (QED) is 0.731. The van der Waals surface area contributed by atoms with E-state index in [-0.39, 0.29) is 17.2 Å². The highest BCUT2D eigenvalue weighted by atomic mass is 35.5. The summed E-state index contributed by atoms with van der Waals surface area (Å²) in [6.07, 6.45) is 2.85. The van der Waals surface area contributed by atoms with Crippen molar-refractivity contribution in [2.45, 2.75) is 6.04 Å². The molecule has 15 heavy (non-hydrogen) atoms. The van der Waals surface area contributed by atoms with Crippen molar-refractivity contribution in [3.63, 3.8) is 0 Å². The van der Waals surface area contributed by atoms with Gasteiger partial charge in [0.2, 0.25) is 5.28 Å². The fourth-order valence-corrected chi connectivity index (χ4v) is 1.59. The Hall–Kier alpha value is -1.20. The minimum Gasteiger partial charge on any atom is -0.347 e. The summed E-state index contributed by atoms with van der Waals surface area (Å²) in [6, 6.07) is 0.234. The summed E-state index contributed by atoms with van der Waals surface area (Å²) in [5.41, 5.74) is 0.439. The number of aromatic nitrogens is 2. The largest absolute Gasteiger partial charge is 0.347 e. The summed E-state index contributed by atoms with van der Waals surface area (Å²) in [6.45, 7) is 1.78. The Bertz CT molecular complexity index is 361. The smallest absolute Gasteiger partial charge is 0.254 e. The molecule has 0 aliphatic carbocycles. The zero-order chi connectivity index (χ0) is 10.8. The van der Waals surface area contributed by atoms with Crippen LogP contribution in [0.1, 0.15) is 10.4 Å². The SMILES string of the molecule is CN1CC(NC(=O)c2cnc(Cl)nc2)C1. The van der Waals surface area contributed by atoms with Crippen LogP contribution in [0.3, 0.4) is 0 Å². The van der Waals surface area contributed by atoms with Gasteiger partial charge in [0.15, 0.2) is 0 Å². The van der Waals surface area contributed by atoms with Crippen LogP contribution in [0, 0.1) is 0 Å². The van der Waals surface area contributed by atoms with Crippen molar-refractivity contribution in [3.05, 3.63) is 23.2 Å². The lowest BCUT2D eigenvalue weighted by molar-refractivity contribution is 0.0857. The fourth-order valence-electron chi connectivity index (χ4n) is 1.49. The van der Waals surface area contributed by atoms with E-state index in [0.717, 1.165) is 13.1 Å². The highest BCUT2D eigenvalue weighted by Gasteiger charge is 2.24. The van der Waals surface area contributed by atoms with Crippen LogP contribution in [0.2, 0.25) is 5.28 Å². The number of amides is 1. The first-order valence-electron chi connectivity index (χ1n) is 4.62. The van der Waals surface area contributed by atoms with E-state index in [1.54, 1.807) is 0 Å². The third kappa shape index (κ3) is 2.43. The number of nitrogens with one attached hydrogen (secondary N) is 1. The first-order valence-corrected chi connectivity index (χ1v) is 5.00. The van der Waals surface area contributed by atoms with Gasteiger partial charge in [0.25, 0.3) is 5.91 Å². The molecule has 0 bridgehead atoms. The molecule has 0 radical (unpaired) electrons. The van der Waals surface area contributed by atoms with Crippen LogP contribution in [0.4, 0.5) is 0 Å². The van der Waals surface area contributed by atoms with E-state index in [4.69, 9.17) is 11.6 Å². The number of carbonyl (C=O) groups is 1. The molecule has 5 nitrogen and oxygen atoms in total. The molecule has 1 fully saturated rings. The Morgan fingerprint density at radius 3 is 2.67 bits per heavy atom. The molecule has 2 heterocycles. The lowest BCUT2D eigenvalue weighted by Crippen LogP contribution is -2.57. The molecule has 6 heteroatoms. The highest BCUT2D eigenvalue weighted by molar-refractivity contribution is 6.28. The Labute approximate surface area is 92.5 Å². The second-order valence-corrected chi connectivity index (χ2v) is 3.97. The molecule has 1 aromatic rings. The van der Waals surface area contributed by atoms with Crippen molar-refractivity contribution in [1.82, 2.24) is 20.2 Å². The second kappa shape index (κ2) is 4.12. The molecule has 0 atom stereocenters. The summed E-state index contributed by atoms with van der Waals surface area (Å²) in [5, 5.41) is 3.03. The monoisotopic (exact) mass is 226 g/mol. The molecule has 0 unspecified atom stereocenters. The third-order valence-electron chi connectivity index (χ3n) is 2.28. The third-order valence-corrected chi connectivity index (χ3v) is 2.48. The van der Waals surface area contributed by atoms with Gasteiger partial charge < -0.3 is 10.2 Å². The van der Waals surface area contributed by atoms with Crippen LogP contribution in [0.15, 0.2) is 12.4 Å². The van der Waals surface area contributed by atoms with E-state index in [0.29, 0.717) is 5.56 Å². The van der Waals surface area contributed by atoms with Crippen molar-refractivity contribution in [2.75, 3.05) is 20.1 Å². The predicted octanol–water partition coefficient (Wildman–Crippen LogP) is 0.174. The Morgan fingerprint density at radius 1 is 1.53 bits per heavy atom. The van der Waals surface area contributed by atoms with Gasteiger partial charge in [-0.25, -0.2) is 9.97 Å². The highest BCUT2D eigenvalue weighted by Crippen LogP contribution is 2.06. The van der Waals surface area contributed by atoms with Crippen LogP contribution in [-0.2, 0) is 0 Å². The first-order chi connectivity index (χ1) is 7.15. The predicted molar refractivity (Wildman–Crippen MR) is 55.8 cm³/mol. The number of halogens is 1. The average molecular weight is 227 g/mol. The van der Waals surface area contributed by atoms with Crippen molar-refractivity contribution < 1.29 is 4.79 Å². The Morgan fingerprint density at radius 2 is 2.13 bits per heavy atom. The molecular formula is C9H11ClN4O. The number of carbonyl (C=O) groups excluding carboxylic acids is 1. The van der Waals surface area contributed by atoms with Gasteiger partial charge in [0, 0.05) is 25.5 Å². The van der Waals surface area contributed by atoms with Gasteiger partial charge in [0.05, 0.1) is 11.6 Å². The van der Waals surface area contributed by atoms with Crippen molar-refractivity contribution >= 4 is 17.5 Å². The molecule has 1 saturated heterocycles. The maximum Gasteiger partial charge on any atom is 0.254 e. The number of nitrogens with zero attached hydrogens (tertiary/aromatic N) is 3. The molecule has 1 aliphatic heterocycles. The van der Waals surface area contributed by atoms with E-state index >= 15 is 0 Å². The number of hydrogen-bond donors (Lipinski definition) is 1. The van der Waals surface area contributed by atoms with E-state index in [2.05, 4.69) is 20.2 Å². The van der Waals surface area contributed by atoms with Gasteiger partial charge in [0.1, 0.15) is 0 Å². The van der Waals surface area contributed by atoms with Crippen LogP contribution < -0.4 is 5.32 Å². The second-order valence-electron chi connectivity index (χ2n) is 3.63. The molecule has 1 N–H and O–H groups in total. The van der Waals surface area contributed by atoms with Crippen molar-refractivity contribution in [2.24, 2.45) is 0 Å².